The molecule has 0 spiro atoms. The van der Waals surface area contributed by atoms with Crippen LogP contribution in [0.4, 0.5) is 0 Å². The third-order valence-electron chi connectivity index (χ3n) is 2.14. The molecule has 0 bridgehead atoms. The van der Waals surface area contributed by atoms with Crippen LogP contribution in [0.3, 0.4) is 0 Å². The van der Waals surface area contributed by atoms with Gasteiger partial charge in [-0.2, -0.15) is 0 Å². The molecule has 0 amide bonds. The van der Waals surface area contributed by atoms with Crippen LogP contribution in [0, 0.1) is 0 Å². The summed E-state index contributed by atoms with van der Waals surface area (Å²) in [5, 5.41) is 0.961. The highest BCUT2D eigenvalue weighted by Crippen LogP contribution is 2.20. The summed E-state index contributed by atoms with van der Waals surface area (Å²) in [7, 11) is 0. The smallest absolute Gasteiger partial charge is 0.338 e. The monoisotopic (exact) mass is 348 g/mol. The largest absolute Gasteiger partial charge is 0.462 e. The summed E-state index contributed by atoms with van der Waals surface area (Å²) in [5.41, 5.74) is 1.76. The van der Waals surface area contributed by atoms with E-state index in [0.717, 1.165) is 28.2 Å². The van der Waals surface area contributed by atoms with Gasteiger partial charge in [-0.1, -0.05) is 31.9 Å². The van der Waals surface area contributed by atoms with E-state index in [9.17, 15) is 4.79 Å². The van der Waals surface area contributed by atoms with E-state index in [0.29, 0.717) is 12.2 Å². The van der Waals surface area contributed by atoms with Crippen LogP contribution < -0.4 is 0 Å². The third-order valence-corrected chi connectivity index (χ3v) is 3.47. The molecule has 2 nitrogen and oxygen atoms in total. The number of carbonyl (C=O) groups is 1. The second kappa shape index (κ2) is 7.07. The van der Waals surface area contributed by atoms with Crippen molar-refractivity contribution in [2.45, 2.75) is 19.8 Å². The maximum absolute atomic E-state index is 11.5. The molecule has 0 N–H and O–H groups in total. The van der Waals surface area contributed by atoms with Crippen molar-refractivity contribution in [3.63, 3.8) is 0 Å². The predicted octanol–water partition coefficient (Wildman–Crippen LogP) is 3.95. The average molecular weight is 350 g/mol. The van der Waals surface area contributed by atoms with Crippen molar-refractivity contribution >= 4 is 37.8 Å². The molecule has 4 heteroatoms. The number of halogens is 2. The minimum atomic E-state index is -0.255. The first-order valence-electron chi connectivity index (χ1n) is 5.20. The van der Waals surface area contributed by atoms with E-state index in [1.165, 1.54) is 0 Å². The van der Waals surface area contributed by atoms with Gasteiger partial charge in [0.15, 0.2) is 0 Å². The van der Waals surface area contributed by atoms with E-state index >= 15 is 0 Å². The first-order chi connectivity index (χ1) is 7.69. The van der Waals surface area contributed by atoms with E-state index in [4.69, 9.17) is 4.74 Å². The van der Waals surface area contributed by atoms with Crippen molar-refractivity contribution in [1.82, 2.24) is 0 Å². The van der Waals surface area contributed by atoms with Gasteiger partial charge >= 0.3 is 5.97 Å². The fourth-order valence-corrected chi connectivity index (χ4v) is 2.09. The van der Waals surface area contributed by atoms with Gasteiger partial charge in [-0.15, -0.1) is 0 Å². The first kappa shape index (κ1) is 13.7. The summed E-state index contributed by atoms with van der Waals surface area (Å²) in [6, 6.07) is 5.57. The fraction of sp³-hybridized carbons (Fsp3) is 0.417. The molecule has 0 heterocycles. The summed E-state index contributed by atoms with van der Waals surface area (Å²) in [6.45, 7) is 2.22. The lowest BCUT2D eigenvalue weighted by Crippen LogP contribution is -2.05. The maximum atomic E-state index is 11.5. The zero-order valence-corrected chi connectivity index (χ0v) is 12.3. The summed E-state index contributed by atoms with van der Waals surface area (Å²) >= 11 is 6.88. The zero-order valence-electron chi connectivity index (χ0n) is 9.13. The molecule has 1 aromatic rings. The van der Waals surface area contributed by atoms with Crippen LogP contribution in [0.25, 0.3) is 0 Å². The van der Waals surface area contributed by atoms with Gasteiger partial charge in [-0.25, -0.2) is 4.79 Å². The lowest BCUT2D eigenvalue weighted by molar-refractivity contribution is 0.0526. The molecule has 88 valence electrons. The number of rotatable bonds is 5. The number of alkyl halides is 1. The van der Waals surface area contributed by atoms with Gasteiger partial charge < -0.3 is 4.74 Å². The Morgan fingerprint density at radius 2 is 2.19 bits per heavy atom. The Hall–Kier alpha value is -0.350. The van der Waals surface area contributed by atoms with Crippen LogP contribution in [0.5, 0.6) is 0 Å². The molecule has 1 aromatic carbocycles. The number of hydrogen-bond acceptors (Lipinski definition) is 2. The highest BCUT2D eigenvalue weighted by atomic mass is 79.9. The van der Waals surface area contributed by atoms with Gasteiger partial charge in [0.1, 0.15) is 0 Å². The molecular weight excluding hydrogens is 336 g/mol. The van der Waals surface area contributed by atoms with Crippen LogP contribution in [0.15, 0.2) is 22.7 Å². The van der Waals surface area contributed by atoms with Crippen molar-refractivity contribution in [2.75, 3.05) is 11.9 Å². The molecule has 0 aliphatic carbocycles. The van der Waals surface area contributed by atoms with Crippen molar-refractivity contribution in [3.05, 3.63) is 33.8 Å². The molecular formula is C12H14Br2O2. The number of aryl methyl sites for hydroxylation is 1. The van der Waals surface area contributed by atoms with Crippen molar-refractivity contribution < 1.29 is 9.53 Å². The maximum Gasteiger partial charge on any atom is 0.338 e. The van der Waals surface area contributed by atoms with Crippen LogP contribution >= 0.6 is 31.9 Å². The zero-order chi connectivity index (χ0) is 12.0. The first-order valence-corrected chi connectivity index (χ1v) is 7.12. The molecule has 1 rings (SSSR count). The number of carbonyl (C=O) groups excluding carboxylic acids is 1. The number of esters is 1. The Balaban J connectivity index is 2.84. The Bertz CT molecular complexity index is 364. The van der Waals surface area contributed by atoms with E-state index < -0.39 is 0 Å². The summed E-state index contributed by atoms with van der Waals surface area (Å²) in [5.74, 6) is -0.255. The van der Waals surface area contributed by atoms with Gasteiger partial charge in [-0.05, 0) is 43.5 Å². The summed E-state index contributed by atoms with van der Waals surface area (Å²) in [6.07, 6.45) is 1.99. The lowest BCUT2D eigenvalue weighted by atomic mass is 10.1. The Kier molecular flexibility index (Phi) is 6.06. The van der Waals surface area contributed by atoms with E-state index in [1.54, 1.807) is 6.07 Å². The van der Waals surface area contributed by atoms with E-state index in [1.807, 2.05) is 19.1 Å². The van der Waals surface area contributed by atoms with Crippen LogP contribution in [0.2, 0.25) is 0 Å². The molecule has 0 aliphatic heterocycles. The second-order valence-electron chi connectivity index (χ2n) is 3.32. The van der Waals surface area contributed by atoms with E-state index in [2.05, 4.69) is 31.9 Å². The third kappa shape index (κ3) is 3.91. The number of benzene rings is 1. The Labute approximate surface area is 113 Å². The second-order valence-corrected chi connectivity index (χ2v) is 4.97. The fourth-order valence-electron chi connectivity index (χ4n) is 1.36. The van der Waals surface area contributed by atoms with Crippen LogP contribution in [-0.2, 0) is 11.2 Å². The predicted molar refractivity (Wildman–Crippen MR) is 72.2 cm³/mol. The van der Waals surface area contributed by atoms with Gasteiger partial charge in [0, 0.05) is 9.80 Å². The van der Waals surface area contributed by atoms with Crippen molar-refractivity contribution in [3.8, 4) is 0 Å². The normalized spacial score (nSPS) is 10.2. The molecule has 0 radical (unpaired) electrons. The van der Waals surface area contributed by atoms with E-state index in [-0.39, 0.29) is 5.97 Å². The standard InChI is InChI=1S/C12H14Br2O2/c1-2-16-12(15)10-5-6-11(14)9(8-10)4-3-7-13/h5-6,8H,2-4,7H2,1H3. The van der Waals surface area contributed by atoms with Gasteiger partial charge in [-0.3, -0.25) is 0 Å². The molecule has 0 unspecified atom stereocenters. The highest BCUT2D eigenvalue weighted by Gasteiger charge is 2.09. The van der Waals surface area contributed by atoms with Crippen LogP contribution in [-0.4, -0.2) is 17.9 Å². The van der Waals surface area contributed by atoms with Gasteiger partial charge in [0.25, 0.3) is 0 Å². The van der Waals surface area contributed by atoms with Gasteiger partial charge in [0.05, 0.1) is 12.2 Å². The molecule has 0 saturated heterocycles. The Morgan fingerprint density at radius 3 is 2.81 bits per heavy atom. The Morgan fingerprint density at radius 1 is 1.44 bits per heavy atom. The van der Waals surface area contributed by atoms with Crippen molar-refractivity contribution in [2.24, 2.45) is 0 Å². The summed E-state index contributed by atoms with van der Waals surface area (Å²) < 4.78 is 6.01. The molecule has 0 saturated carbocycles. The molecule has 16 heavy (non-hydrogen) atoms. The summed E-state index contributed by atoms with van der Waals surface area (Å²) in [4.78, 5) is 11.5. The molecule has 0 fully saturated rings. The SMILES string of the molecule is CCOC(=O)c1ccc(Br)c(CCCBr)c1. The quantitative estimate of drug-likeness (QED) is 0.594. The van der Waals surface area contributed by atoms with Crippen LogP contribution in [0.1, 0.15) is 29.3 Å². The average Bonchev–Trinajstić information content (AvgIpc) is 2.28. The molecule has 0 aliphatic rings. The van der Waals surface area contributed by atoms with Gasteiger partial charge in [0.2, 0.25) is 0 Å². The minimum Gasteiger partial charge on any atom is -0.462 e. The molecule has 0 aromatic heterocycles. The molecule has 0 atom stereocenters. The number of ether oxygens (including phenoxy) is 1. The van der Waals surface area contributed by atoms with Crippen molar-refractivity contribution in [1.29, 1.82) is 0 Å². The highest BCUT2D eigenvalue weighted by molar-refractivity contribution is 9.10. The number of hydrogen-bond donors (Lipinski definition) is 0. The minimum absolute atomic E-state index is 0.255. The lowest BCUT2D eigenvalue weighted by Gasteiger charge is -2.06. The topological polar surface area (TPSA) is 26.3 Å².